The zero-order valence-electron chi connectivity index (χ0n) is 10.9. The summed E-state index contributed by atoms with van der Waals surface area (Å²) in [5.74, 6) is 0.769. The van der Waals surface area contributed by atoms with Gasteiger partial charge in [0.2, 0.25) is 0 Å². The van der Waals surface area contributed by atoms with Gasteiger partial charge in [0.25, 0.3) is 0 Å². The van der Waals surface area contributed by atoms with Crippen molar-refractivity contribution in [2.45, 2.75) is 25.4 Å². The van der Waals surface area contributed by atoms with Crippen molar-refractivity contribution in [2.24, 2.45) is 5.73 Å². The topological polar surface area (TPSA) is 54.7 Å². The fourth-order valence-electron chi connectivity index (χ4n) is 1.94. The highest BCUT2D eigenvalue weighted by molar-refractivity contribution is 5.59. The second-order valence-corrected chi connectivity index (χ2v) is 4.57. The highest BCUT2D eigenvalue weighted by Gasteiger charge is 2.30. The van der Waals surface area contributed by atoms with Gasteiger partial charge in [0.15, 0.2) is 0 Å². The third-order valence-corrected chi connectivity index (χ3v) is 3.00. The normalized spacial score (nSPS) is 11.8. The average Bonchev–Trinajstić information content (AvgIpc) is 2.87. The molecule has 108 valence electrons. The lowest BCUT2D eigenvalue weighted by molar-refractivity contribution is -0.137. The van der Waals surface area contributed by atoms with Gasteiger partial charge in [-0.25, -0.2) is 4.98 Å². The summed E-state index contributed by atoms with van der Waals surface area (Å²) < 4.78 is 38.0. The lowest BCUT2D eigenvalue weighted by atomic mass is 10.1. The molecule has 0 unspecified atom stereocenters. The number of hydrogen-bond acceptors (Lipinski definition) is 2. The number of rotatable bonds is 5. The van der Waals surface area contributed by atoms with E-state index in [0.717, 1.165) is 37.2 Å². The van der Waals surface area contributed by atoms with Crippen LogP contribution in [0.4, 0.5) is 13.2 Å². The highest BCUT2D eigenvalue weighted by Crippen LogP contribution is 2.31. The zero-order chi connectivity index (χ0) is 14.6. The van der Waals surface area contributed by atoms with Crippen molar-refractivity contribution in [3.05, 3.63) is 41.9 Å². The summed E-state index contributed by atoms with van der Waals surface area (Å²) in [5, 5.41) is 0. The maximum absolute atomic E-state index is 12.7. The molecule has 0 saturated carbocycles. The van der Waals surface area contributed by atoms with Crippen molar-refractivity contribution >= 4 is 0 Å². The van der Waals surface area contributed by atoms with Crippen LogP contribution in [0.1, 0.15) is 24.2 Å². The van der Waals surface area contributed by atoms with Gasteiger partial charge < -0.3 is 10.7 Å². The quantitative estimate of drug-likeness (QED) is 0.826. The Hall–Kier alpha value is -1.82. The summed E-state index contributed by atoms with van der Waals surface area (Å²) in [6, 6.07) is 5.21. The average molecular weight is 283 g/mol. The van der Waals surface area contributed by atoms with E-state index >= 15 is 0 Å². The van der Waals surface area contributed by atoms with E-state index in [2.05, 4.69) is 9.97 Å². The Morgan fingerprint density at radius 1 is 1.20 bits per heavy atom. The fourth-order valence-corrected chi connectivity index (χ4v) is 1.94. The monoisotopic (exact) mass is 283 g/mol. The first-order valence-corrected chi connectivity index (χ1v) is 6.42. The predicted molar refractivity (Wildman–Crippen MR) is 71.0 cm³/mol. The SMILES string of the molecule is NCCCCc1ncc(-c2cccc(C(F)(F)F)c2)[nH]1. The van der Waals surface area contributed by atoms with Crippen molar-refractivity contribution in [3.8, 4) is 11.3 Å². The van der Waals surface area contributed by atoms with Gasteiger partial charge in [0.05, 0.1) is 17.5 Å². The van der Waals surface area contributed by atoms with Crippen LogP contribution in [-0.4, -0.2) is 16.5 Å². The molecule has 0 aliphatic carbocycles. The molecule has 0 saturated heterocycles. The van der Waals surface area contributed by atoms with Crippen molar-refractivity contribution in [1.82, 2.24) is 9.97 Å². The van der Waals surface area contributed by atoms with Crippen LogP contribution in [0, 0.1) is 0 Å². The molecule has 0 spiro atoms. The van der Waals surface area contributed by atoms with Gasteiger partial charge in [-0.2, -0.15) is 13.2 Å². The largest absolute Gasteiger partial charge is 0.416 e. The molecule has 0 aliphatic heterocycles. The second-order valence-electron chi connectivity index (χ2n) is 4.57. The molecule has 20 heavy (non-hydrogen) atoms. The number of benzene rings is 1. The lowest BCUT2D eigenvalue weighted by Crippen LogP contribution is -2.04. The molecular formula is C14H16F3N3. The molecule has 3 nitrogen and oxygen atoms in total. The molecule has 0 aliphatic rings. The Morgan fingerprint density at radius 3 is 2.70 bits per heavy atom. The summed E-state index contributed by atoms with van der Waals surface area (Å²) in [5.41, 5.74) is 5.83. The minimum atomic E-state index is -4.33. The number of H-pyrrole nitrogens is 1. The first kappa shape index (κ1) is 14.6. The lowest BCUT2D eigenvalue weighted by Gasteiger charge is -2.07. The van der Waals surface area contributed by atoms with Crippen LogP contribution in [0.15, 0.2) is 30.5 Å². The van der Waals surface area contributed by atoms with Crippen LogP contribution in [0.25, 0.3) is 11.3 Å². The van der Waals surface area contributed by atoms with E-state index in [4.69, 9.17) is 5.73 Å². The van der Waals surface area contributed by atoms with E-state index in [1.807, 2.05) is 0 Å². The Morgan fingerprint density at radius 2 is 2.00 bits per heavy atom. The number of nitrogens with one attached hydrogen (secondary N) is 1. The van der Waals surface area contributed by atoms with Gasteiger partial charge in [-0.1, -0.05) is 12.1 Å². The van der Waals surface area contributed by atoms with E-state index in [-0.39, 0.29) is 0 Å². The van der Waals surface area contributed by atoms with Crippen molar-refractivity contribution in [3.63, 3.8) is 0 Å². The van der Waals surface area contributed by atoms with E-state index < -0.39 is 11.7 Å². The van der Waals surface area contributed by atoms with E-state index in [1.165, 1.54) is 6.07 Å². The number of hydrogen-bond donors (Lipinski definition) is 2. The van der Waals surface area contributed by atoms with Crippen molar-refractivity contribution < 1.29 is 13.2 Å². The smallest absolute Gasteiger partial charge is 0.342 e. The number of halogens is 3. The third-order valence-electron chi connectivity index (χ3n) is 3.00. The van der Waals surface area contributed by atoms with Crippen LogP contribution in [0.5, 0.6) is 0 Å². The molecule has 0 bridgehead atoms. The molecular weight excluding hydrogens is 267 g/mol. The Bertz CT molecular complexity index is 561. The summed E-state index contributed by atoms with van der Waals surface area (Å²) >= 11 is 0. The molecule has 2 rings (SSSR count). The predicted octanol–water partition coefficient (Wildman–Crippen LogP) is 3.38. The standard InChI is InChI=1S/C14H16F3N3/c15-14(16,17)11-5-3-4-10(8-11)12-9-19-13(20-12)6-1-2-7-18/h3-5,8-9H,1-2,6-7,18H2,(H,19,20). The summed E-state index contributed by atoms with van der Waals surface area (Å²) in [6.45, 7) is 0.626. The number of imidazole rings is 1. The number of nitrogens with zero attached hydrogens (tertiary/aromatic N) is 1. The van der Waals surface area contributed by atoms with E-state index in [9.17, 15) is 13.2 Å². The van der Waals surface area contributed by atoms with Crippen LogP contribution in [0.2, 0.25) is 0 Å². The summed E-state index contributed by atoms with van der Waals surface area (Å²) in [6.07, 6.45) is -0.213. The third kappa shape index (κ3) is 3.60. The van der Waals surface area contributed by atoms with Crippen LogP contribution in [-0.2, 0) is 12.6 Å². The molecule has 0 amide bonds. The van der Waals surface area contributed by atoms with Crippen molar-refractivity contribution in [2.75, 3.05) is 6.54 Å². The Labute approximate surface area is 115 Å². The number of aromatic nitrogens is 2. The second kappa shape index (κ2) is 6.09. The van der Waals surface area contributed by atoms with Crippen LogP contribution >= 0.6 is 0 Å². The van der Waals surface area contributed by atoms with E-state index in [0.29, 0.717) is 17.8 Å². The summed E-state index contributed by atoms with van der Waals surface area (Å²) in [7, 11) is 0. The first-order chi connectivity index (χ1) is 9.50. The number of unbranched alkanes of at least 4 members (excludes halogenated alkanes) is 1. The van der Waals surface area contributed by atoms with Crippen LogP contribution < -0.4 is 5.73 Å². The molecule has 0 atom stereocenters. The van der Waals surface area contributed by atoms with Gasteiger partial charge in [-0.05, 0) is 31.5 Å². The molecule has 2 aromatic rings. The minimum absolute atomic E-state index is 0.484. The Balaban J connectivity index is 2.16. The van der Waals surface area contributed by atoms with Gasteiger partial charge in [0.1, 0.15) is 5.82 Å². The van der Waals surface area contributed by atoms with Gasteiger partial charge in [-0.3, -0.25) is 0 Å². The maximum Gasteiger partial charge on any atom is 0.416 e. The number of nitrogens with two attached hydrogens (primary N) is 1. The number of aryl methyl sites for hydroxylation is 1. The number of alkyl halides is 3. The van der Waals surface area contributed by atoms with Gasteiger partial charge in [-0.15, -0.1) is 0 Å². The zero-order valence-corrected chi connectivity index (χ0v) is 10.9. The first-order valence-electron chi connectivity index (χ1n) is 6.42. The summed E-state index contributed by atoms with van der Waals surface area (Å²) in [4.78, 5) is 7.23. The molecule has 1 aromatic carbocycles. The minimum Gasteiger partial charge on any atom is -0.342 e. The molecule has 3 N–H and O–H groups in total. The molecule has 1 aromatic heterocycles. The van der Waals surface area contributed by atoms with Gasteiger partial charge in [0, 0.05) is 12.0 Å². The molecule has 1 heterocycles. The Kier molecular flexibility index (Phi) is 4.44. The van der Waals surface area contributed by atoms with Crippen LogP contribution in [0.3, 0.4) is 0 Å². The van der Waals surface area contributed by atoms with E-state index in [1.54, 1.807) is 12.3 Å². The van der Waals surface area contributed by atoms with Gasteiger partial charge >= 0.3 is 6.18 Å². The molecule has 6 heteroatoms. The fraction of sp³-hybridized carbons (Fsp3) is 0.357. The highest BCUT2D eigenvalue weighted by atomic mass is 19.4. The van der Waals surface area contributed by atoms with Crippen molar-refractivity contribution in [1.29, 1.82) is 0 Å². The number of aromatic amines is 1. The molecule has 0 radical (unpaired) electrons. The maximum atomic E-state index is 12.7. The molecule has 0 fully saturated rings.